The highest BCUT2D eigenvalue weighted by molar-refractivity contribution is 5.31. The zero-order valence-electron chi connectivity index (χ0n) is 5.73. The fourth-order valence-corrected chi connectivity index (χ4v) is 0.598. The van der Waals surface area contributed by atoms with Gasteiger partial charge in [-0.2, -0.15) is 0 Å². The van der Waals surface area contributed by atoms with E-state index in [1.807, 2.05) is 6.92 Å². The molecular weight excluding hydrogens is 130 g/mol. The van der Waals surface area contributed by atoms with Crippen molar-refractivity contribution in [3.63, 3.8) is 0 Å². The van der Waals surface area contributed by atoms with Crippen molar-refractivity contribution in [2.24, 2.45) is 0 Å². The summed E-state index contributed by atoms with van der Waals surface area (Å²) in [5, 5.41) is 10.1. The average molecular weight is 139 g/mol. The number of hydrogen-bond donors (Lipinski definition) is 1. The number of hydroxylamine groups is 1. The van der Waals surface area contributed by atoms with Gasteiger partial charge in [-0.3, -0.25) is 5.21 Å². The molecule has 0 aliphatic carbocycles. The van der Waals surface area contributed by atoms with Gasteiger partial charge in [0.15, 0.2) is 5.82 Å². The van der Waals surface area contributed by atoms with Gasteiger partial charge in [0.25, 0.3) is 0 Å². The van der Waals surface area contributed by atoms with Crippen molar-refractivity contribution >= 4 is 5.82 Å². The molecule has 0 radical (unpaired) electrons. The summed E-state index contributed by atoms with van der Waals surface area (Å²) in [4.78, 5) is 7.53. The predicted molar refractivity (Wildman–Crippen MR) is 36.8 cm³/mol. The van der Waals surface area contributed by atoms with Crippen molar-refractivity contribution in [2.75, 3.05) is 11.6 Å². The second-order valence-corrected chi connectivity index (χ2v) is 1.78. The van der Waals surface area contributed by atoms with Crippen molar-refractivity contribution in [1.82, 2.24) is 9.97 Å². The second kappa shape index (κ2) is 3.12. The van der Waals surface area contributed by atoms with Crippen LogP contribution < -0.4 is 5.06 Å². The van der Waals surface area contributed by atoms with Gasteiger partial charge in [-0.25, -0.2) is 15.0 Å². The van der Waals surface area contributed by atoms with E-state index in [1.54, 1.807) is 12.3 Å². The number of nitrogens with zero attached hydrogens (tertiary/aromatic N) is 3. The second-order valence-electron chi connectivity index (χ2n) is 1.78. The van der Waals surface area contributed by atoms with Crippen molar-refractivity contribution in [1.29, 1.82) is 0 Å². The SMILES string of the molecule is CCN(O)c1ccncn1. The Labute approximate surface area is 59.1 Å². The van der Waals surface area contributed by atoms with Crippen molar-refractivity contribution in [3.8, 4) is 0 Å². The molecule has 0 amide bonds. The molecule has 0 unspecified atom stereocenters. The topological polar surface area (TPSA) is 49.2 Å². The molecule has 10 heavy (non-hydrogen) atoms. The molecular formula is C6H9N3O. The lowest BCUT2D eigenvalue weighted by atomic mass is 10.5. The van der Waals surface area contributed by atoms with Gasteiger partial charge in [0.1, 0.15) is 6.33 Å². The third kappa shape index (κ3) is 1.41. The molecule has 0 atom stereocenters. The highest BCUT2D eigenvalue weighted by Crippen LogP contribution is 2.02. The molecule has 0 saturated heterocycles. The summed E-state index contributed by atoms with van der Waals surface area (Å²) in [6.45, 7) is 2.36. The van der Waals surface area contributed by atoms with E-state index in [4.69, 9.17) is 5.21 Å². The Balaban J connectivity index is 2.75. The normalized spacial score (nSPS) is 9.40. The lowest BCUT2D eigenvalue weighted by Crippen LogP contribution is -2.17. The van der Waals surface area contributed by atoms with Crippen LogP contribution in [0.4, 0.5) is 5.82 Å². The molecule has 1 heterocycles. The van der Waals surface area contributed by atoms with Gasteiger partial charge in [0, 0.05) is 18.8 Å². The first kappa shape index (κ1) is 6.95. The molecule has 1 aromatic heterocycles. The first-order valence-corrected chi connectivity index (χ1v) is 3.07. The molecule has 0 saturated carbocycles. The largest absolute Gasteiger partial charge is 0.287 e. The molecule has 4 heteroatoms. The first-order chi connectivity index (χ1) is 4.84. The number of rotatable bonds is 2. The minimum atomic E-state index is 0.525. The highest BCUT2D eigenvalue weighted by atomic mass is 16.5. The van der Waals surface area contributed by atoms with Crippen LogP contribution in [0, 0.1) is 0 Å². The van der Waals surface area contributed by atoms with Crippen molar-refractivity contribution < 1.29 is 5.21 Å². The third-order valence-corrected chi connectivity index (χ3v) is 1.13. The van der Waals surface area contributed by atoms with E-state index in [0.29, 0.717) is 12.4 Å². The van der Waals surface area contributed by atoms with Crippen LogP contribution in [0.5, 0.6) is 0 Å². The van der Waals surface area contributed by atoms with Crippen LogP contribution in [-0.4, -0.2) is 21.7 Å². The average Bonchev–Trinajstić information content (AvgIpc) is 2.05. The van der Waals surface area contributed by atoms with Crippen LogP contribution in [0.2, 0.25) is 0 Å². The fourth-order valence-electron chi connectivity index (χ4n) is 0.598. The van der Waals surface area contributed by atoms with E-state index in [9.17, 15) is 0 Å². The van der Waals surface area contributed by atoms with E-state index < -0.39 is 0 Å². The third-order valence-electron chi connectivity index (χ3n) is 1.13. The molecule has 0 bridgehead atoms. The van der Waals surface area contributed by atoms with Crippen molar-refractivity contribution in [3.05, 3.63) is 18.6 Å². The van der Waals surface area contributed by atoms with Gasteiger partial charge in [0.2, 0.25) is 0 Å². The molecule has 0 aromatic carbocycles. The van der Waals surface area contributed by atoms with Gasteiger partial charge < -0.3 is 0 Å². The number of anilines is 1. The van der Waals surface area contributed by atoms with Crippen LogP contribution in [0.25, 0.3) is 0 Å². The molecule has 54 valence electrons. The summed E-state index contributed by atoms with van der Waals surface area (Å²) in [5.41, 5.74) is 0. The Morgan fingerprint density at radius 2 is 2.50 bits per heavy atom. The smallest absolute Gasteiger partial charge is 0.155 e. The minimum absolute atomic E-state index is 0.525. The van der Waals surface area contributed by atoms with E-state index in [1.165, 1.54) is 6.33 Å². The van der Waals surface area contributed by atoms with Gasteiger partial charge in [0.05, 0.1) is 0 Å². The molecule has 0 aliphatic heterocycles. The van der Waals surface area contributed by atoms with Crippen LogP contribution in [0.1, 0.15) is 6.92 Å². The van der Waals surface area contributed by atoms with Crippen LogP contribution >= 0.6 is 0 Å². The Bertz CT molecular complexity index is 189. The maximum Gasteiger partial charge on any atom is 0.155 e. The number of aromatic nitrogens is 2. The monoisotopic (exact) mass is 139 g/mol. The molecule has 4 nitrogen and oxygen atoms in total. The molecule has 0 fully saturated rings. The zero-order valence-corrected chi connectivity index (χ0v) is 5.73. The van der Waals surface area contributed by atoms with Crippen LogP contribution in [0.3, 0.4) is 0 Å². The summed E-state index contributed by atoms with van der Waals surface area (Å²) in [6, 6.07) is 1.64. The maximum atomic E-state index is 9.07. The molecule has 0 aliphatic rings. The van der Waals surface area contributed by atoms with Gasteiger partial charge >= 0.3 is 0 Å². The lowest BCUT2D eigenvalue weighted by molar-refractivity contribution is 0.256. The van der Waals surface area contributed by atoms with Crippen LogP contribution in [-0.2, 0) is 0 Å². The Morgan fingerprint density at radius 1 is 1.70 bits per heavy atom. The van der Waals surface area contributed by atoms with Crippen LogP contribution in [0.15, 0.2) is 18.6 Å². The van der Waals surface area contributed by atoms with E-state index in [0.717, 1.165) is 5.06 Å². The van der Waals surface area contributed by atoms with E-state index in [2.05, 4.69) is 9.97 Å². The minimum Gasteiger partial charge on any atom is -0.287 e. The zero-order chi connectivity index (χ0) is 7.40. The molecule has 1 aromatic rings. The summed E-state index contributed by atoms with van der Waals surface area (Å²) in [7, 11) is 0. The van der Waals surface area contributed by atoms with Gasteiger partial charge in [-0.05, 0) is 6.92 Å². The fraction of sp³-hybridized carbons (Fsp3) is 0.333. The van der Waals surface area contributed by atoms with Gasteiger partial charge in [-0.15, -0.1) is 0 Å². The summed E-state index contributed by atoms with van der Waals surface area (Å²) in [5.74, 6) is 0.525. The van der Waals surface area contributed by atoms with E-state index >= 15 is 0 Å². The van der Waals surface area contributed by atoms with Gasteiger partial charge in [-0.1, -0.05) is 0 Å². The van der Waals surface area contributed by atoms with E-state index in [-0.39, 0.29) is 0 Å². The lowest BCUT2D eigenvalue weighted by Gasteiger charge is -2.11. The molecule has 0 spiro atoms. The molecule has 1 N–H and O–H groups in total. The Morgan fingerprint density at radius 3 is 3.00 bits per heavy atom. The summed E-state index contributed by atoms with van der Waals surface area (Å²) in [6.07, 6.45) is 2.98. The quantitative estimate of drug-likeness (QED) is 0.612. The Hall–Kier alpha value is -1.16. The Kier molecular flexibility index (Phi) is 2.17. The summed E-state index contributed by atoms with van der Waals surface area (Å²) < 4.78 is 0. The highest BCUT2D eigenvalue weighted by Gasteiger charge is 1.97. The number of hydrogen-bond acceptors (Lipinski definition) is 4. The predicted octanol–water partition coefficient (Wildman–Crippen LogP) is 0.692. The molecule has 1 rings (SSSR count). The first-order valence-electron chi connectivity index (χ1n) is 3.07. The van der Waals surface area contributed by atoms with Crippen molar-refractivity contribution in [2.45, 2.75) is 6.92 Å². The standard InChI is InChI=1S/C6H9N3O/c1-2-9(10)6-3-4-7-5-8-6/h3-5,10H,2H2,1H3. The maximum absolute atomic E-state index is 9.07. The summed E-state index contributed by atoms with van der Waals surface area (Å²) >= 11 is 0.